The Labute approximate surface area is 103 Å². The molecule has 0 bridgehead atoms. The number of amides is 1. The van der Waals surface area contributed by atoms with Crippen molar-refractivity contribution in [1.29, 1.82) is 0 Å². The van der Waals surface area contributed by atoms with Gasteiger partial charge in [-0.1, -0.05) is 6.07 Å². The van der Waals surface area contributed by atoms with Crippen LogP contribution in [0.25, 0.3) is 0 Å². The molecule has 1 fully saturated rings. The second-order valence-corrected chi connectivity index (χ2v) is 3.87. The number of rotatable bonds is 3. The minimum absolute atomic E-state index is 0.0951. The minimum Gasteiger partial charge on any atom is -0.480 e. The second-order valence-electron chi connectivity index (χ2n) is 3.87. The summed E-state index contributed by atoms with van der Waals surface area (Å²) in [6.45, 7) is 0.927. The average molecular weight is 251 g/mol. The highest BCUT2D eigenvalue weighted by molar-refractivity contribution is 5.91. The number of pyridine rings is 1. The highest BCUT2D eigenvalue weighted by atomic mass is 16.5. The number of nitrogens with two attached hydrogens (primary N) is 1. The molecule has 96 valence electrons. The molecule has 1 aromatic rings. The first-order valence-electron chi connectivity index (χ1n) is 5.43. The van der Waals surface area contributed by atoms with Gasteiger partial charge in [0.1, 0.15) is 11.5 Å². The molecule has 1 aliphatic heterocycles. The van der Waals surface area contributed by atoms with Crippen LogP contribution in [-0.2, 0) is 9.53 Å². The number of hydrogen-bond donors (Lipinski definition) is 2. The predicted molar refractivity (Wildman–Crippen MR) is 62.3 cm³/mol. The molecule has 0 spiro atoms. The molecule has 7 heteroatoms. The fourth-order valence-electron chi connectivity index (χ4n) is 1.80. The molecular formula is C11H13N3O4. The summed E-state index contributed by atoms with van der Waals surface area (Å²) < 4.78 is 5.13. The number of carbonyl (C=O) groups is 2. The maximum absolute atomic E-state index is 11.1. The van der Waals surface area contributed by atoms with Crippen LogP contribution in [0.15, 0.2) is 18.2 Å². The number of anilines is 1. The number of aromatic nitrogens is 1. The first-order valence-corrected chi connectivity index (χ1v) is 5.43. The molecule has 2 heterocycles. The number of primary amides is 1. The summed E-state index contributed by atoms with van der Waals surface area (Å²) >= 11 is 0. The van der Waals surface area contributed by atoms with E-state index in [9.17, 15) is 9.59 Å². The zero-order valence-electron chi connectivity index (χ0n) is 9.57. The number of carbonyl (C=O) groups excluding carboxylic acids is 1. The Kier molecular flexibility index (Phi) is 3.42. The van der Waals surface area contributed by atoms with Gasteiger partial charge in [0.15, 0.2) is 6.04 Å². The molecule has 1 unspecified atom stereocenters. The summed E-state index contributed by atoms with van der Waals surface area (Å²) in [5.74, 6) is -1.21. The molecule has 1 aromatic heterocycles. The van der Waals surface area contributed by atoms with Crippen LogP contribution in [0, 0.1) is 0 Å². The van der Waals surface area contributed by atoms with Gasteiger partial charge in [0.2, 0.25) is 0 Å². The third-order valence-electron chi connectivity index (χ3n) is 2.69. The Morgan fingerprint density at radius 1 is 1.50 bits per heavy atom. The molecule has 1 aliphatic rings. The molecule has 3 N–H and O–H groups in total. The van der Waals surface area contributed by atoms with Crippen molar-refractivity contribution in [1.82, 2.24) is 4.98 Å². The van der Waals surface area contributed by atoms with Crippen LogP contribution in [0.3, 0.4) is 0 Å². The first-order chi connectivity index (χ1) is 8.59. The van der Waals surface area contributed by atoms with Gasteiger partial charge in [-0.2, -0.15) is 0 Å². The molecule has 0 radical (unpaired) electrons. The van der Waals surface area contributed by atoms with Gasteiger partial charge in [-0.3, -0.25) is 4.79 Å². The van der Waals surface area contributed by atoms with E-state index in [2.05, 4.69) is 4.98 Å². The minimum atomic E-state index is -0.985. The van der Waals surface area contributed by atoms with Crippen molar-refractivity contribution in [3.63, 3.8) is 0 Å². The Morgan fingerprint density at radius 2 is 2.28 bits per heavy atom. The summed E-state index contributed by atoms with van der Waals surface area (Å²) in [5.41, 5.74) is 5.26. The van der Waals surface area contributed by atoms with Gasteiger partial charge in [-0.05, 0) is 12.1 Å². The summed E-state index contributed by atoms with van der Waals surface area (Å²) in [6.07, 6.45) is 0. The number of nitrogens with zero attached hydrogens (tertiary/aromatic N) is 2. The van der Waals surface area contributed by atoms with Gasteiger partial charge in [-0.15, -0.1) is 0 Å². The van der Waals surface area contributed by atoms with Crippen molar-refractivity contribution in [2.75, 3.05) is 24.7 Å². The largest absolute Gasteiger partial charge is 0.480 e. The number of hydrogen-bond acceptors (Lipinski definition) is 5. The van der Waals surface area contributed by atoms with Gasteiger partial charge in [0.05, 0.1) is 13.2 Å². The van der Waals surface area contributed by atoms with Gasteiger partial charge >= 0.3 is 5.97 Å². The zero-order valence-corrected chi connectivity index (χ0v) is 9.57. The molecule has 0 aromatic carbocycles. The van der Waals surface area contributed by atoms with E-state index in [4.69, 9.17) is 15.6 Å². The molecule has 0 saturated carbocycles. The Hall–Kier alpha value is -2.15. The standard InChI is InChI=1S/C11H13N3O4/c12-10(15)7-2-1-3-9(13-7)14-4-5-18-6-8(14)11(16)17/h1-3,8H,4-6H2,(H2,12,15)(H,16,17). The normalized spacial score (nSPS) is 19.6. The maximum atomic E-state index is 11.1. The second kappa shape index (κ2) is 5.01. The van der Waals surface area contributed by atoms with Crippen molar-refractivity contribution < 1.29 is 19.4 Å². The lowest BCUT2D eigenvalue weighted by molar-refractivity contribution is -0.141. The Bertz CT molecular complexity index is 477. The van der Waals surface area contributed by atoms with Gasteiger partial charge in [0.25, 0.3) is 5.91 Å². The fraction of sp³-hybridized carbons (Fsp3) is 0.364. The van der Waals surface area contributed by atoms with Crippen LogP contribution in [0.5, 0.6) is 0 Å². The number of ether oxygens (including phenoxy) is 1. The van der Waals surface area contributed by atoms with Gasteiger partial charge < -0.3 is 20.5 Å². The van der Waals surface area contributed by atoms with Gasteiger partial charge in [-0.25, -0.2) is 9.78 Å². The van der Waals surface area contributed by atoms with Crippen LogP contribution in [0.4, 0.5) is 5.82 Å². The SMILES string of the molecule is NC(=O)c1cccc(N2CCOCC2C(=O)O)n1. The topological polar surface area (TPSA) is 106 Å². The number of aliphatic carboxylic acids is 1. The quantitative estimate of drug-likeness (QED) is 0.748. The van der Waals surface area contributed by atoms with Crippen LogP contribution in [-0.4, -0.2) is 47.8 Å². The monoisotopic (exact) mass is 251 g/mol. The maximum Gasteiger partial charge on any atom is 0.328 e. The molecule has 1 amide bonds. The number of carboxylic acid groups (broad SMARTS) is 1. The van der Waals surface area contributed by atoms with Crippen LogP contribution in [0.1, 0.15) is 10.5 Å². The van der Waals surface area contributed by atoms with E-state index in [-0.39, 0.29) is 12.3 Å². The average Bonchev–Trinajstić information content (AvgIpc) is 2.39. The van der Waals surface area contributed by atoms with E-state index in [0.29, 0.717) is 19.0 Å². The molecule has 1 saturated heterocycles. The first kappa shape index (κ1) is 12.3. The number of morpholine rings is 1. The fourth-order valence-corrected chi connectivity index (χ4v) is 1.80. The Balaban J connectivity index is 2.30. The van der Waals surface area contributed by atoms with Crippen molar-refractivity contribution in [3.05, 3.63) is 23.9 Å². The molecule has 7 nitrogen and oxygen atoms in total. The summed E-state index contributed by atoms with van der Waals surface area (Å²) in [5, 5.41) is 9.11. The van der Waals surface area contributed by atoms with E-state index >= 15 is 0 Å². The smallest absolute Gasteiger partial charge is 0.328 e. The lowest BCUT2D eigenvalue weighted by Crippen LogP contribution is -2.50. The van der Waals surface area contributed by atoms with Crippen LogP contribution in [0.2, 0.25) is 0 Å². The van der Waals surface area contributed by atoms with Crippen molar-refractivity contribution >= 4 is 17.7 Å². The van der Waals surface area contributed by atoms with Gasteiger partial charge in [0, 0.05) is 6.54 Å². The molecule has 0 aliphatic carbocycles. The van der Waals surface area contributed by atoms with E-state index in [1.807, 2.05) is 0 Å². The summed E-state index contributed by atoms with van der Waals surface area (Å²) in [7, 11) is 0. The van der Waals surface area contributed by atoms with Crippen LogP contribution >= 0.6 is 0 Å². The van der Waals surface area contributed by atoms with E-state index in [1.165, 1.54) is 6.07 Å². The van der Waals surface area contributed by atoms with Crippen molar-refractivity contribution in [2.45, 2.75) is 6.04 Å². The summed E-state index contributed by atoms with van der Waals surface area (Å²) in [4.78, 5) is 27.8. The molecule has 1 atom stereocenters. The van der Waals surface area contributed by atoms with Crippen molar-refractivity contribution in [3.8, 4) is 0 Å². The lowest BCUT2D eigenvalue weighted by atomic mass is 10.2. The van der Waals surface area contributed by atoms with E-state index in [0.717, 1.165) is 0 Å². The third-order valence-corrected chi connectivity index (χ3v) is 2.69. The predicted octanol–water partition coefficient (Wildman–Crippen LogP) is -0.530. The highest BCUT2D eigenvalue weighted by Gasteiger charge is 2.30. The lowest BCUT2D eigenvalue weighted by Gasteiger charge is -2.33. The number of carboxylic acids is 1. The zero-order chi connectivity index (χ0) is 13.1. The van der Waals surface area contributed by atoms with E-state index < -0.39 is 17.9 Å². The Morgan fingerprint density at radius 3 is 2.94 bits per heavy atom. The molecule has 18 heavy (non-hydrogen) atoms. The van der Waals surface area contributed by atoms with Crippen molar-refractivity contribution in [2.24, 2.45) is 5.73 Å². The third kappa shape index (κ3) is 2.40. The van der Waals surface area contributed by atoms with E-state index in [1.54, 1.807) is 17.0 Å². The van der Waals surface area contributed by atoms with Crippen LogP contribution < -0.4 is 10.6 Å². The summed E-state index contributed by atoms with van der Waals surface area (Å²) in [6, 6.07) is 3.96. The molecular weight excluding hydrogens is 238 g/mol. The molecule has 2 rings (SSSR count). The highest BCUT2D eigenvalue weighted by Crippen LogP contribution is 2.17.